The monoisotopic (exact) mass is 416 g/mol. The quantitative estimate of drug-likeness (QED) is 0.180. The molecule has 0 saturated carbocycles. The Bertz CT molecular complexity index is 763. The highest BCUT2D eigenvalue weighted by atomic mass is 35.5. The maximum atomic E-state index is 11.5. The van der Waals surface area contributed by atoms with Gasteiger partial charge in [0.1, 0.15) is 18.3 Å². The van der Waals surface area contributed by atoms with Crippen molar-refractivity contribution in [2.24, 2.45) is 0 Å². The molecular formula is C16H21ClN4O5S. The summed E-state index contributed by atoms with van der Waals surface area (Å²) in [7, 11) is 0. The third-order valence-corrected chi connectivity index (χ3v) is 5.43. The SMILES string of the molecule is CCCSc1nc(Cl)c([N+](=O)[O-])c(N[C@@H]2C=C[C@H](O)[C@H]3OC(C)(C)O[C@H]32)n1. The van der Waals surface area contributed by atoms with Crippen molar-refractivity contribution in [2.75, 3.05) is 11.1 Å². The Morgan fingerprint density at radius 3 is 2.74 bits per heavy atom. The minimum Gasteiger partial charge on any atom is -0.386 e. The Morgan fingerprint density at radius 1 is 1.37 bits per heavy atom. The Balaban J connectivity index is 1.92. The van der Waals surface area contributed by atoms with Gasteiger partial charge >= 0.3 is 5.69 Å². The number of aromatic nitrogens is 2. The molecule has 1 aliphatic heterocycles. The average Bonchev–Trinajstić information content (AvgIpc) is 2.91. The van der Waals surface area contributed by atoms with Gasteiger partial charge in [0.05, 0.1) is 11.0 Å². The normalized spacial score (nSPS) is 28.8. The predicted molar refractivity (Wildman–Crippen MR) is 101 cm³/mol. The van der Waals surface area contributed by atoms with E-state index in [4.69, 9.17) is 21.1 Å². The van der Waals surface area contributed by atoms with Crippen molar-refractivity contribution in [2.45, 2.75) is 62.5 Å². The third kappa shape index (κ3) is 4.35. The van der Waals surface area contributed by atoms with Crippen molar-refractivity contribution >= 4 is 34.9 Å². The number of anilines is 1. The van der Waals surface area contributed by atoms with Gasteiger partial charge in [-0.05, 0) is 20.3 Å². The molecule has 1 aromatic heterocycles. The van der Waals surface area contributed by atoms with E-state index in [9.17, 15) is 15.2 Å². The second-order valence-corrected chi connectivity index (χ2v) is 8.13. The van der Waals surface area contributed by atoms with E-state index in [2.05, 4.69) is 15.3 Å². The van der Waals surface area contributed by atoms with Gasteiger partial charge in [-0.3, -0.25) is 10.1 Å². The summed E-state index contributed by atoms with van der Waals surface area (Å²) in [5.41, 5.74) is -0.397. The molecule has 1 fully saturated rings. The topological polar surface area (TPSA) is 120 Å². The first-order chi connectivity index (χ1) is 12.7. The number of hydrogen-bond acceptors (Lipinski definition) is 9. The summed E-state index contributed by atoms with van der Waals surface area (Å²) in [5, 5.41) is 24.8. The van der Waals surface area contributed by atoms with Gasteiger partial charge < -0.3 is 19.9 Å². The zero-order valence-electron chi connectivity index (χ0n) is 15.1. The molecule has 0 radical (unpaired) electrons. The highest BCUT2D eigenvalue weighted by molar-refractivity contribution is 7.99. The smallest absolute Gasteiger partial charge is 0.348 e. The molecule has 1 aliphatic carbocycles. The second-order valence-electron chi connectivity index (χ2n) is 6.71. The van der Waals surface area contributed by atoms with E-state index < -0.39 is 40.8 Å². The van der Waals surface area contributed by atoms with E-state index in [-0.39, 0.29) is 11.0 Å². The number of nitrogens with one attached hydrogen (secondary N) is 1. The van der Waals surface area contributed by atoms with Gasteiger partial charge in [-0.25, -0.2) is 4.98 Å². The van der Waals surface area contributed by atoms with Gasteiger partial charge in [-0.2, -0.15) is 4.98 Å². The lowest BCUT2D eigenvalue weighted by Gasteiger charge is -2.30. The Kier molecular flexibility index (Phi) is 5.92. The van der Waals surface area contributed by atoms with Crippen LogP contribution in [0.2, 0.25) is 5.15 Å². The summed E-state index contributed by atoms with van der Waals surface area (Å²) in [6, 6.07) is -0.492. The molecule has 3 rings (SSSR count). The van der Waals surface area contributed by atoms with Crippen LogP contribution in [0.3, 0.4) is 0 Å². The molecular weight excluding hydrogens is 396 g/mol. The number of hydrogen-bond donors (Lipinski definition) is 2. The van der Waals surface area contributed by atoms with Gasteiger partial charge in [-0.15, -0.1) is 0 Å². The standard InChI is InChI=1S/C16H21ClN4O5S/c1-4-7-27-15-19-13(17)10(21(23)24)14(20-15)18-8-5-6-9(22)12-11(8)25-16(2,3)26-12/h5-6,8-9,11-12,22H,4,7H2,1-3H3,(H,18,19,20)/t8-,9+,11+,12-/m1/s1. The summed E-state index contributed by atoms with van der Waals surface area (Å²) < 4.78 is 11.6. The Hall–Kier alpha value is -1.46. The van der Waals surface area contributed by atoms with Gasteiger partial charge in [0.2, 0.25) is 11.0 Å². The van der Waals surface area contributed by atoms with Crippen LogP contribution in [0.4, 0.5) is 11.5 Å². The highest BCUT2D eigenvalue weighted by Crippen LogP contribution is 2.38. The minimum atomic E-state index is -0.875. The number of thioether (sulfide) groups is 1. The van der Waals surface area contributed by atoms with Gasteiger partial charge in [0.25, 0.3) is 0 Å². The van der Waals surface area contributed by atoms with E-state index in [0.29, 0.717) is 5.16 Å². The van der Waals surface area contributed by atoms with Crippen LogP contribution < -0.4 is 5.32 Å². The Morgan fingerprint density at radius 2 is 2.07 bits per heavy atom. The molecule has 0 bridgehead atoms. The molecule has 0 aromatic carbocycles. The number of aliphatic hydroxyl groups excluding tert-OH is 1. The molecule has 0 unspecified atom stereocenters. The lowest BCUT2D eigenvalue weighted by Crippen LogP contribution is -2.47. The summed E-state index contributed by atoms with van der Waals surface area (Å²) in [6.45, 7) is 5.51. The minimum absolute atomic E-state index is 0.0108. The van der Waals surface area contributed by atoms with E-state index in [1.807, 2.05) is 6.92 Å². The summed E-state index contributed by atoms with van der Waals surface area (Å²) >= 11 is 7.41. The lowest BCUT2D eigenvalue weighted by molar-refractivity contribution is -0.384. The highest BCUT2D eigenvalue weighted by Gasteiger charge is 2.49. The molecule has 0 amide bonds. The number of ether oxygens (including phenoxy) is 2. The van der Waals surface area contributed by atoms with Gasteiger partial charge in [0, 0.05) is 5.75 Å². The van der Waals surface area contributed by atoms with Crippen molar-refractivity contribution in [3.63, 3.8) is 0 Å². The van der Waals surface area contributed by atoms with Crippen molar-refractivity contribution in [3.8, 4) is 0 Å². The number of nitrogens with zero attached hydrogens (tertiary/aromatic N) is 3. The number of fused-ring (bicyclic) bond motifs is 1. The molecule has 4 atom stereocenters. The maximum Gasteiger partial charge on any atom is 0.348 e. The van der Waals surface area contributed by atoms with Crippen LogP contribution in [0.15, 0.2) is 17.3 Å². The van der Waals surface area contributed by atoms with Crippen LogP contribution >= 0.6 is 23.4 Å². The first kappa shape index (κ1) is 20.3. The molecule has 148 valence electrons. The predicted octanol–water partition coefficient (Wildman–Crippen LogP) is 2.77. The average molecular weight is 417 g/mol. The van der Waals surface area contributed by atoms with Crippen LogP contribution in [0, 0.1) is 10.1 Å². The molecule has 2 aliphatic rings. The Labute approximate surface area is 165 Å². The van der Waals surface area contributed by atoms with Crippen molar-refractivity contribution in [3.05, 3.63) is 27.4 Å². The summed E-state index contributed by atoms with van der Waals surface area (Å²) in [5.74, 6) is -0.102. The molecule has 1 saturated heterocycles. The number of nitro groups is 1. The van der Waals surface area contributed by atoms with Crippen LogP contribution in [-0.4, -0.2) is 55.9 Å². The van der Waals surface area contributed by atoms with Crippen LogP contribution in [-0.2, 0) is 9.47 Å². The van der Waals surface area contributed by atoms with E-state index in [1.165, 1.54) is 11.8 Å². The second kappa shape index (κ2) is 7.88. The number of rotatable bonds is 6. The van der Waals surface area contributed by atoms with E-state index >= 15 is 0 Å². The molecule has 11 heteroatoms. The van der Waals surface area contributed by atoms with Crippen LogP contribution in [0.1, 0.15) is 27.2 Å². The number of aliphatic hydroxyl groups is 1. The molecule has 2 heterocycles. The molecule has 0 spiro atoms. The van der Waals surface area contributed by atoms with Crippen molar-refractivity contribution in [1.82, 2.24) is 9.97 Å². The van der Waals surface area contributed by atoms with E-state index in [1.54, 1.807) is 26.0 Å². The maximum absolute atomic E-state index is 11.5. The van der Waals surface area contributed by atoms with Gasteiger partial charge in [-0.1, -0.05) is 42.4 Å². The van der Waals surface area contributed by atoms with Gasteiger partial charge in [0.15, 0.2) is 10.9 Å². The largest absolute Gasteiger partial charge is 0.386 e. The third-order valence-electron chi connectivity index (χ3n) is 4.11. The fraction of sp³-hybridized carbons (Fsp3) is 0.625. The van der Waals surface area contributed by atoms with Crippen molar-refractivity contribution in [1.29, 1.82) is 0 Å². The van der Waals surface area contributed by atoms with Crippen LogP contribution in [0.5, 0.6) is 0 Å². The van der Waals surface area contributed by atoms with Crippen LogP contribution in [0.25, 0.3) is 0 Å². The van der Waals surface area contributed by atoms with Crippen molar-refractivity contribution < 1.29 is 19.5 Å². The zero-order chi connectivity index (χ0) is 19.8. The molecule has 1 aromatic rings. The first-order valence-electron chi connectivity index (χ1n) is 8.55. The fourth-order valence-electron chi connectivity index (χ4n) is 3.03. The molecule has 2 N–H and O–H groups in total. The summed E-state index contributed by atoms with van der Waals surface area (Å²) in [6.07, 6.45) is 2.21. The van der Waals surface area contributed by atoms with E-state index in [0.717, 1.165) is 12.2 Å². The first-order valence-corrected chi connectivity index (χ1v) is 9.91. The number of halogens is 1. The molecule has 9 nitrogen and oxygen atoms in total. The summed E-state index contributed by atoms with van der Waals surface area (Å²) in [4.78, 5) is 19.1. The molecule has 27 heavy (non-hydrogen) atoms. The fourth-order valence-corrected chi connectivity index (χ4v) is 4.02. The zero-order valence-corrected chi connectivity index (χ0v) is 16.7. The lowest BCUT2D eigenvalue weighted by atomic mass is 9.94.